The van der Waals surface area contributed by atoms with Gasteiger partial charge in [0.2, 0.25) is 0 Å². The fourth-order valence-electron chi connectivity index (χ4n) is 1.84. The normalized spacial score (nSPS) is 10.6. The maximum absolute atomic E-state index is 11.7. The van der Waals surface area contributed by atoms with E-state index >= 15 is 0 Å². The average molecular weight is 256 g/mol. The number of esters is 1. The molecule has 0 aliphatic heterocycles. The lowest BCUT2D eigenvalue weighted by Gasteiger charge is -2.03. The number of hydrogen-bond donors (Lipinski definition) is 1. The molecule has 96 valence electrons. The summed E-state index contributed by atoms with van der Waals surface area (Å²) in [6.07, 6.45) is 5.29. The molecule has 1 aromatic heterocycles. The molecule has 1 N–H and O–H groups in total. The molecule has 0 spiro atoms. The zero-order chi connectivity index (χ0) is 13.7. The van der Waals surface area contributed by atoms with Crippen molar-refractivity contribution in [2.75, 3.05) is 13.7 Å². The van der Waals surface area contributed by atoms with Crippen LogP contribution in [0.1, 0.15) is 15.9 Å². The lowest BCUT2D eigenvalue weighted by molar-refractivity contribution is 0.0603. The minimum Gasteiger partial charge on any atom is -0.465 e. The minimum absolute atomic E-state index is 0.271. The van der Waals surface area contributed by atoms with Crippen LogP contribution >= 0.6 is 0 Å². The quantitative estimate of drug-likeness (QED) is 0.393. The van der Waals surface area contributed by atoms with Crippen LogP contribution in [0.3, 0.4) is 0 Å². The maximum atomic E-state index is 11.7. The molecule has 0 atom stereocenters. The van der Waals surface area contributed by atoms with Gasteiger partial charge in [0, 0.05) is 28.6 Å². The number of carbonyl (C=O) groups excluding carboxylic acids is 1. The Kier molecular flexibility index (Phi) is 3.85. The first-order valence-corrected chi connectivity index (χ1v) is 5.63. The van der Waals surface area contributed by atoms with Crippen molar-refractivity contribution in [3.05, 3.63) is 52.0 Å². The summed E-state index contributed by atoms with van der Waals surface area (Å²) >= 11 is 0. The molecule has 0 saturated heterocycles. The van der Waals surface area contributed by atoms with Crippen LogP contribution in [-0.4, -0.2) is 24.6 Å². The number of aromatic amines is 1. The summed E-state index contributed by atoms with van der Waals surface area (Å²) in [6.45, 7) is 0.271. The second-order valence-electron chi connectivity index (χ2n) is 3.81. The second kappa shape index (κ2) is 5.75. The van der Waals surface area contributed by atoms with Gasteiger partial charge < -0.3 is 9.72 Å². The van der Waals surface area contributed by atoms with Gasteiger partial charge in [-0.05, 0) is 29.3 Å². The molecule has 0 saturated carbocycles. The largest absolute Gasteiger partial charge is 0.465 e. The molecule has 0 radical (unpaired) electrons. The van der Waals surface area contributed by atoms with E-state index in [9.17, 15) is 4.79 Å². The summed E-state index contributed by atoms with van der Waals surface area (Å²) in [5.74, 6) is -0.380. The van der Waals surface area contributed by atoms with Crippen LogP contribution in [0, 0.1) is 0 Å². The third-order valence-corrected chi connectivity index (χ3v) is 2.66. The molecule has 2 aromatic rings. The van der Waals surface area contributed by atoms with E-state index in [2.05, 4.69) is 15.0 Å². The summed E-state index contributed by atoms with van der Waals surface area (Å²) in [5.41, 5.74) is 10.4. The molecule has 0 fully saturated rings. The van der Waals surface area contributed by atoms with E-state index in [1.165, 1.54) is 7.11 Å². The third-order valence-electron chi connectivity index (χ3n) is 2.66. The van der Waals surface area contributed by atoms with Gasteiger partial charge in [0.05, 0.1) is 12.7 Å². The Hall–Kier alpha value is -2.72. The molecule has 0 amide bonds. The highest BCUT2D eigenvalue weighted by Gasteiger charge is 2.11. The number of azide groups is 1. The van der Waals surface area contributed by atoms with E-state index in [1.807, 2.05) is 12.1 Å². The Morgan fingerprint density at radius 3 is 3.16 bits per heavy atom. The highest BCUT2D eigenvalue weighted by molar-refractivity contribution is 6.04. The fourth-order valence-corrected chi connectivity index (χ4v) is 1.84. The van der Waals surface area contributed by atoms with E-state index in [1.54, 1.807) is 24.4 Å². The number of hydrogen-bond acceptors (Lipinski definition) is 3. The number of aromatic nitrogens is 1. The van der Waals surface area contributed by atoms with Gasteiger partial charge in [-0.3, -0.25) is 0 Å². The summed E-state index contributed by atoms with van der Waals surface area (Å²) in [7, 11) is 1.35. The van der Waals surface area contributed by atoms with Crippen LogP contribution in [-0.2, 0) is 4.74 Å². The van der Waals surface area contributed by atoms with Crippen LogP contribution in [0.4, 0.5) is 0 Å². The van der Waals surface area contributed by atoms with E-state index in [0.717, 1.165) is 16.5 Å². The standard InChI is InChI=1S/C13H12N4O2/c1-19-13(18)11-7-9(3-2-5-16-17-14)8-12-10(11)4-6-15-12/h2-4,6-8,15H,5H2,1H3. The molecule has 2 rings (SSSR count). The van der Waals surface area contributed by atoms with Crippen molar-refractivity contribution in [1.29, 1.82) is 0 Å². The van der Waals surface area contributed by atoms with E-state index in [4.69, 9.17) is 10.3 Å². The van der Waals surface area contributed by atoms with Crippen LogP contribution < -0.4 is 0 Å². The summed E-state index contributed by atoms with van der Waals surface area (Å²) in [5, 5.41) is 4.23. The molecule has 0 unspecified atom stereocenters. The van der Waals surface area contributed by atoms with Gasteiger partial charge in [0.25, 0.3) is 0 Å². The molecule has 6 heteroatoms. The Balaban J connectivity index is 2.43. The smallest absolute Gasteiger partial charge is 0.338 e. The number of fused-ring (bicyclic) bond motifs is 1. The molecule has 1 heterocycles. The molecular formula is C13H12N4O2. The van der Waals surface area contributed by atoms with Crippen LogP contribution in [0.25, 0.3) is 27.4 Å². The Morgan fingerprint density at radius 2 is 2.42 bits per heavy atom. The van der Waals surface area contributed by atoms with Crippen LogP contribution in [0.15, 0.2) is 35.6 Å². The van der Waals surface area contributed by atoms with Crippen molar-refractivity contribution < 1.29 is 9.53 Å². The first-order valence-electron chi connectivity index (χ1n) is 5.63. The van der Waals surface area contributed by atoms with Gasteiger partial charge in [-0.2, -0.15) is 0 Å². The summed E-state index contributed by atoms with van der Waals surface area (Å²) < 4.78 is 4.77. The van der Waals surface area contributed by atoms with Crippen molar-refractivity contribution in [3.63, 3.8) is 0 Å². The number of rotatable bonds is 4. The van der Waals surface area contributed by atoms with Gasteiger partial charge in [0.15, 0.2) is 0 Å². The average Bonchev–Trinajstić information content (AvgIpc) is 2.90. The van der Waals surface area contributed by atoms with Gasteiger partial charge >= 0.3 is 5.97 Å². The monoisotopic (exact) mass is 256 g/mol. The van der Waals surface area contributed by atoms with Crippen LogP contribution in [0.2, 0.25) is 0 Å². The van der Waals surface area contributed by atoms with Crippen LogP contribution in [0.5, 0.6) is 0 Å². The number of H-pyrrole nitrogens is 1. The Morgan fingerprint density at radius 1 is 1.58 bits per heavy atom. The fraction of sp³-hybridized carbons (Fsp3) is 0.154. The predicted octanol–water partition coefficient (Wildman–Crippen LogP) is 3.28. The Labute approximate surface area is 109 Å². The van der Waals surface area contributed by atoms with Gasteiger partial charge in [-0.15, -0.1) is 0 Å². The number of ether oxygens (including phenoxy) is 1. The molecule has 0 bridgehead atoms. The molecule has 6 nitrogen and oxygen atoms in total. The van der Waals surface area contributed by atoms with Crippen molar-refractivity contribution in [2.24, 2.45) is 5.11 Å². The van der Waals surface area contributed by atoms with Gasteiger partial charge in [-0.1, -0.05) is 17.3 Å². The first kappa shape index (κ1) is 12.7. The second-order valence-corrected chi connectivity index (χ2v) is 3.81. The molecule has 0 aliphatic rings. The van der Waals surface area contributed by atoms with Crippen molar-refractivity contribution in [3.8, 4) is 0 Å². The van der Waals surface area contributed by atoms with E-state index in [0.29, 0.717) is 5.56 Å². The molecule has 0 aliphatic carbocycles. The first-order chi connectivity index (χ1) is 9.26. The van der Waals surface area contributed by atoms with E-state index < -0.39 is 0 Å². The zero-order valence-electron chi connectivity index (χ0n) is 10.3. The minimum atomic E-state index is -0.380. The highest BCUT2D eigenvalue weighted by atomic mass is 16.5. The van der Waals surface area contributed by atoms with Crippen molar-refractivity contribution in [1.82, 2.24) is 4.98 Å². The summed E-state index contributed by atoms with van der Waals surface area (Å²) in [4.78, 5) is 17.4. The number of nitrogens with one attached hydrogen (secondary N) is 1. The maximum Gasteiger partial charge on any atom is 0.338 e. The number of benzene rings is 1. The SMILES string of the molecule is COC(=O)c1cc(C=CCN=[N+]=[N-])cc2[nH]ccc12. The lowest BCUT2D eigenvalue weighted by atomic mass is 10.1. The summed E-state index contributed by atoms with van der Waals surface area (Å²) in [6, 6.07) is 5.48. The topological polar surface area (TPSA) is 90.8 Å². The van der Waals surface area contributed by atoms with Gasteiger partial charge in [0.1, 0.15) is 0 Å². The molecule has 19 heavy (non-hydrogen) atoms. The molecule has 1 aromatic carbocycles. The zero-order valence-corrected chi connectivity index (χ0v) is 10.3. The number of methoxy groups -OCH3 is 1. The van der Waals surface area contributed by atoms with Crippen molar-refractivity contribution >= 4 is 22.9 Å². The Bertz CT molecular complexity index is 681. The highest BCUT2D eigenvalue weighted by Crippen LogP contribution is 2.21. The molecular weight excluding hydrogens is 244 g/mol. The number of carbonyl (C=O) groups is 1. The van der Waals surface area contributed by atoms with Gasteiger partial charge in [-0.25, -0.2) is 4.79 Å². The predicted molar refractivity (Wildman–Crippen MR) is 72.7 cm³/mol. The number of nitrogens with zero attached hydrogens (tertiary/aromatic N) is 3. The van der Waals surface area contributed by atoms with Crippen molar-refractivity contribution in [2.45, 2.75) is 0 Å². The third kappa shape index (κ3) is 2.75. The van der Waals surface area contributed by atoms with E-state index in [-0.39, 0.29) is 12.5 Å². The lowest BCUT2D eigenvalue weighted by Crippen LogP contribution is -2.02.